The Labute approximate surface area is 109 Å². The number of hydrogen-bond acceptors (Lipinski definition) is 3. The van der Waals surface area contributed by atoms with Crippen molar-refractivity contribution >= 4 is 11.9 Å². The molecule has 0 spiro atoms. The van der Waals surface area contributed by atoms with E-state index in [0.717, 1.165) is 12.1 Å². The second-order valence-corrected chi connectivity index (χ2v) is 3.98. The van der Waals surface area contributed by atoms with Gasteiger partial charge in [-0.3, -0.25) is 4.79 Å². The zero-order valence-corrected chi connectivity index (χ0v) is 10.7. The molecule has 1 amide bonds. The average molecular weight is 271 g/mol. The number of nitrogens with one attached hydrogen (secondary N) is 1. The first kappa shape index (κ1) is 15.1. The van der Waals surface area contributed by atoms with Crippen molar-refractivity contribution in [3.05, 3.63) is 35.4 Å². The van der Waals surface area contributed by atoms with Crippen molar-refractivity contribution in [3.63, 3.8) is 0 Å². The number of benzene rings is 1. The van der Waals surface area contributed by atoms with Crippen molar-refractivity contribution < 1.29 is 23.1 Å². The number of halogens is 2. The van der Waals surface area contributed by atoms with Crippen LogP contribution in [0.5, 0.6) is 0 Å². The van der Waals surface area contributed by atoms with E-state index in [9.17, 15) is 18.4 Å². The molecule has 1 aromatic rings. The number of methoxy groups -OCH3 is 1. The maximum atomic E-state index is 13.0. The Balaban J connectivity index is 2.64. The first-order chi connectivity index (χ1) is 8.97. The molecule has 4 nitrogen and oxygen atoms in total. The quantitative estimate of drug-likeness (QED) is 0.827. The summed E-state index contributed by atoms with van der Waals surface area (Å²) in [6, 6.07) is 2.49. The summed E-state index contributed by atoms with van der Waals surface area (Å²) in [5.41, 5.74) is 0.330. The smallest absolute Gasteiger partial charge is 0.328 e. The first-order valence-electron chi connectivity index (χ1n) is 5.79. The van der Waals surface area contributed by atoms with Gasteiger partial charge in [-0.1, -0.05) is 13.0 Å². The van der Waals surface area contributed by atoms with E-state index in [1.165, 1.54) is 13.2 Å². The molecule has 104 valence electrons. The van der Waals surface area contributed by atoms with Crippen LogP contribution < -0.4 is 5.32 Å². The third-order valence-corrected chi connectivity index (χ3v) is 2.58. The molecular formula is C13H15F2NO3. The monoisotopic (exact) mass is 271 g/mol. The molecule has 0 saturated heterocycles. The molecule has 0 fully saturated rings. The molecule has 1 rings (SSSR count). The Bertz CT molecular complexity index is 477. The Morgan fingerprint density at radius 2 is 2.00 bits per heavy atom. The zero-order valence-electron chi connectivity index (χ0n) is 10.7. The van der Waals surface area contributed by atoms with Crippen molar-refractivity contribution in [2.24, 2.45) is 0 Å². The van der Waals surface area contributed by atoms with Gasteiger partial charge >= 0.3 is 5.97 Å². The van der Waals surface area contributed by atoms with Crippen LogP contribution in [0, 0.1) is 11.6 Å². The van der Waals surface area contributed by atoms with E-state index in [2.05, 4.69) is 10.1 Å². The number of carbonyl (C=O) groups is 2. The van der Waals surface area contributed by atoms with Gasteiger partial charge in [0.2, 0.25) is 5.91 Å². The fourth-order valence-corrected chi connectivity index (χ4v) is 1.55. The van der Waals surface area contributed by atoms with E-state index in [-0.39, 0.29) is 6.42 Å². The highest BCUT2D eigenvalue weighted by molar-refractivity contribution is 5.85. The molecule has 1 atom stereocenters. The molecule has 0 saturated carbocycles. The van der Waals surface area contributed by atoms with Crippen molar-refractivity contribution in [2.45, 2.75) is 25.8 Å². The molecule has 0 aliphatic carbocycles. The first-order valence-corrected chi connectivity index (χ1v) is 5.79. The molecule has 1 N–H and O–H groups in total. The number of esters is 1. The Kier molecular flexibility index (Phi) is 5.41. The minimum absolute atomic E-state index is 0.134. The van der Waals surface area contributed by atoms with Crippen LogP contribution in [0.3, 0.4) is 0 Å². The van der Waals surface area contributed by atoms with Gasteiger partial charge in [-0.05, 0) is 24.1 Å². The van der Waals surface area contributed by atoms with Crippen molar-refractivity contribution in [3.8, 4) is 0 Å². The lowest BCUT2D eigenvalue weighted by molar-refractivity contribution is -0.145. The predicted octanol–water partition coefficient (Wildman–Crippen LogP) is 1.58. The van der Waals surface area contributed by atoms with E-state index in [4.69, 9.17) is 0 Å². The third-order valence-electron chi connectivity index (χ3n) is 2.58. The van der Waals surface area contributed by atoms with Crippen LogP contribution in [0.25, 0.3) is 0 Å². The maximum absolute atomic E-state index is 13.0. The highest BCUT2D eigenvalue weighted by atomic mass is 19.2. The number of amides is 1. The lowest BCUT2D eigenvalue weighted by atomic mass is 10.1. The Morgan fingerprint density at radius 1 is 1.32 bits per heavy atom. The molecule has 19 heavy (non-hydrogen) atoms. The molecule has 0 unspecified atom stereocenters. The van der Waals surface area contributed by atoms with E-state index >= 15 is 0 Å². The molecule has 0 aliphatic rings. The van der Waals surface area contributed by atoms with Gasteiger partial charge in [-0.25, -0.2) is 13.6 Å². The fraction of sp³-hybridized carbons (Fsp3) is 0.385. The average Bonchev–Trinajstić information content (AvgIpc) is 2.39. The molecule has 0 radical (unpaired) electrons. The normalized spacial score (nSPS) is 11.8. The van der Waals surface area contributed by atoms with Crippen LogP contribution in [-0.4, -0.2) is 25.0 Å². The SMILES string of the molecule is CC[C@@H](NC(=O)Cc1ccc(F)c(F)c1)C(=O)OC. The highest BCUT2D eigenvalue weighted by Gasteiger charge is 2.19. The molecule has 1 aromatic carbocycles. The maximum Gasteiger partial charge on any atom is 0.328 e. The summed E-state index contributed by atoms with van der Waals surface area (Å²) in [4.78, 5) is 22.9. The number of ether oxygens (including phenoxy) is 1. The lowest BCUT2D eigenvalue weighted by Crippen LogP contribution is -2.41. The Morgan fingerprint density at radius 3 is 2.53 bits per heavy atom. The molecule has 0 bridgehead atoms. The Hall–Kier alpha value is -1.98. The molecule has 0 aromatic heterocycles. The summed E-state index contributed by atoms with van der Waals surface area (Å²) < 4.78 is 30.2. The summed E-state index contributed by atoms with van der Waals surface area (Å²) in [7, 11) is 1.23. The minimum atomic E-state index is -1.01. The van der Waals surface area contributed by atoms with E-state index < -0.39 is 29.6 Å². The van der Waals surface area contributed by atoms with Crippen molar-refractivity contribution in [1.82, 2.24) is 5.32 Å². The summed E-state index contributed by atoms with van der Waals surface area (Å²) in [6.45, 7) is 1.72. The van der Waals surface area contributed by atoms with Gasteiger partial charge in [-0.2, -0.15) is 0 Å². The van der Waals surface area contributed by atoms with Crippen LogP contribution >= 0.6 is 0 Å². The minimum Gasteiger partial charge on any atom is -0.467 e. The van der Waals surface area contributed by atoms with Gasteiger partial charge in [0, 0.05) is 0 Å². The van der Waals surface area contributed by atoms with Crippen LogP contribution in [0.15, 0.2) is 18.2 Å². The van der Waals surface area contributed by atoms with E-state index in [1.54, 1.807) is 6.92 Å². The summed E-state index contributed by atoms with van der Waals surface area (Å²) in [6.07, 6.45) is 0.251. The van der Waals surface area contributed by atoms with Crippen LogP contribution in [0.2, 0.25) is 0 Å². The van der Waals surface area contributed by atoms with Gasteiger partial charge < -0.3 is 10.1 Å². The lowest BCUT2D eigenvalue weighted by Gasteiger charge is -2.14. The van der Waals surface area contributed by atoms with Gasteiger partial charge in [0.1, 0.15) is 6.04 Å². The molecule has 0 heterocycles. The summed E-state index contributed by atoms with van der Waals surface area (Å²) in [5.74, 6) is -2.97. The number of carbonyl (C=O) groups excluding carboxylic acids is 2. The van der Waals surface area contributed by atoms with Crippen molar-refractivity contribution in [1.29, 1.82) is 0 Å². The van der Waals surface area contributed by atoms with Crippen LogP contribution in [0.4, 0.5) is 8.78 Å². The van der Waals surface area contributed by atoms with Crippen LogP contribution in [0.1, 0.15) is 18.9 Å². The molecule has 0 aliphatic heterocycles. The van der Waals surface area contributed by atoms with E-state index in [1.807, 2.05) is 0 Å². The third kappa shape index (κ3) is 4.31. The van der Waals surface area contributed by atoms with E-state index in [0.29, 0.717) is 12.0 Å². The number of hydrogen-bond donors (Lipinski definition) is 1. The predicted molar refractivity (Wildman–Crippen MR) is 64.3 cm³/mol. The second-order valence-electron chi connectivity index (χ2n) is 3.98. The summed E-state index contributed by atoms with van der Waals surface area (Å²) in [5, 5.41) is 2.47. The van der Waals surface area contributed by atoms with Gasteiger partial charge in [0.25, 0.3) is 0 Å². The van der Waals surface area contributed by atoms with Crippen molar-refractivity contribution in [2.75, 3.05) is 7.11 Å². The molecule has 6 heteroatoms. The van der Waals surface area contributed by atoms with Gasteiger partial charge in [0.05, 0.1) is 13.5 Å². The largest absolute Gasteiger partial charge is 0.467 e. The van der Waals surface area contributed by atoms with Gasteiger partial charge in [-0.15, -0.1) is 0 Å². The van der Waals surface area contributed by atoms with Gasteiger partial charge in [0.15, 0.2) is 11.6 Å². The standard InChI is InChI=1S/C13H15F2NO3/c1-3-11(13(18)19-2)16-12(17)7-8-4-5-9(14)10(15)6-8/h4-6,11H,3,7H2,1-2H3,(H,16,17)/t11-/m1/s1. The summed E-state index contributed by atoms with van der Waals surface area (Å²) >= 11 is 0. The topological polar surface area (TPSA) is 55.4 Å². The number of rotatable bonds is 5. The van der Waals surface area contributed by atoms with Crippen LogP contribution in [-0.2, 0) is 20.7 Å². The zero-order chi connectivity index (χ0) is 14.4. The fourth-order valence-electron chi connectivity index (χ4n) is 1.55. The highest BCUT2D eigenvalue weighted by Crippen LogP contribution is 2.09. The second kappa shape index (κ2) is 6.82. The molecular weight excluding hydrogens is 256 g/mol.